The lowest BCUT2D eigenvalue weighted by Crippen LogP contribution is -2.53. The van der Waals surface area contributed by atoms with Crippen molar-refractivity contribution in [2.75, 3.05) is 17.6 Å². The molecule has 0 bridgehead atoms. The molecular weight excluding hydrogens is 522 g/mol. The van der Waals surface area contributed by atoms with Gasteiger partial charge in [-0.2, -0.15) is 12.6 Å². The first kappa shape index (κ1) is 33.2. The Bertz CT molecular complexity index is 1120. The average Bonchev–Trinajstić information content (AvgIpc) is 2.87. The van der Waals surface area contributed by atoms with Gasteiger partial charge in [0.25, 0.3) is 5.91 Å². The molecule has 0 aliphatic carbocycles. The highest BCUT2D eigenvalue weighted by molar-refractivity contribution is 7.80. The molecule has 0 aliphatic rings. The van der Waals surface area contributed by atoms with Gasteiger partial charge in [-0.15, -0.1) is 0 Å². The standard InChI is InChI=1S/C32H47N3O4S/c1-8-9-10-11-14-20-35(30(37)26(21-40)34-31(38)39-32(5,6)7)28(27-23(3)17-15-18-24(27)4)29(36)33-25-19-13-12-16-22(25)2/h12-13,15-19,26,28,40H,8-11,14,20-21H2,1-7H3,(H,33,36)(H,34,38). The lowest BCUT2D eigenvalue weighted by molar-refractivity contribution is -0.140. The number of rotatable bonds is 13. The van der Waals surface area contributed by atoms with Gasteiger partial charge in [-0.05, 0) is 76.3 Å². The number of nitrogens with one attached hydrogen (secondary N) is 2. The van der Waals surface area contributed by atoms with Crippen LogP contribution in [0, 0.1) is 20.8 Å². The molecule has 7 nitrogen and oxygen atoms in total. The number of ether oxygens (including phenoxy) is 1. The Morgan fingerprint density at radius 2 is 1.50 bits per heavy atom. The van der Waals surface area contributed by atoms with E-state index in [1.165, 1.54) is 0 Å². The molecule has 0 saturated heterocycles. The van der Waals surface area contributed by atoms with Crippen molar-refractivity contribution in [1.82, 2.24) is 10.2 Å². The summed E-state index contributed by atoms with van der Waals surface area (Å²) in [6, 6.07) is 11.6. The topological polar surface area (TPSA) is 87.7 Å². The third-order valence-electron chi connectivity index (χ3n) is 6.74. The molecule has 0 fully saturated rings. The van der Waals surface area contributed by atoms with Gasteiger partial charge in [-0.25, -0.2) is 4.79 Å². The van der Waals surface area contributed by atoms with Crippen LogP contribution in [0.25, 0.3) is 0 Å². The number of hydrogen-bond acceptors (Lipinski definition) is 5. The summed E-state index contributed by atoms with van der Waals surface area (Å²) in [5.41, 5.74) is 3.50. The summed E-state index contributed by atoms with van der Waals surface area (Å²) in [5, 5.41) is 5.76. The normalized spacial score (nSPS) is 12.8. The molecule has 0 aromatic heterocycles. The first-order chi connectivity index (χ1) is 18.9. The number of hydrogen-bond donors (Lipinski definition) is 3. The largest absolute Gasteiger partial charge is 0.444 e. The number of aryl methyl sites for hydroxylation is 3. The van der Waals surface area contributed by atoms with Crippen LogP contribution in [-0.4, -0.2) is 46.7 Å². The molecule has 2 aromatic rings. The second-order valence-electron chi connectivity index (χ2n) is 11.3. The summed E-state index contributed by atoms with van der Waals surface area (Å²) >= 11 is 4.40. The van der Waals surface area contributed by atoms with Crippen molar-refractivity contribution in [1.29, 1.82) is 0 Å². The summed E-state index contributed by atoms with van der Waals surface area (Å²) in [7, 11) is 0. The molecule has 2 rings (SSSR count). The van der Waals surface area contributed by atoms with E-state index >= 15 is 0 Å². The van der Waals surface area contributed by atoms with Crippen molar-refractivity contribution in [3.63, 3.8) is 0 Å². The van der Waals surface area contributed by atoms with Gasteiger partial charge in [0.15, 0.2) is 0 Å². The van der Waals surface area contributed by atoms with E-state index in [4.69, 9.17) is 4.74 Å². The van der Waals surface area contributed by atoms with Crippen LogP contribution >= 0.6 is 12.6 Å². The third-order valence-corrected chi connectivity index (χ3v) is 7.10. The van der Waals surface area contributed by atoms with E-state index in [9.17, 15) is 14.4 Å². The molecule has 2 atom stereocenters. The fourth-order valence-electron chi connectivity index (χ4n) is 4.69. The molecule has 0 radical (unpaired) electrons. The molecular formula is C32H47N3O4S. The molecule has 0 aliphatic heterocycles. The van der Waals surface area contributed by atoms with Crippen LogP contribution in [0.5, 0.6) is 0 Å². The Kier molecular flexibility index (Phi) is 13.0. The SMILES string of the molecule is CCCCCCCN(C(=O)C(CS)NC(=O)OC(C)(C)C)C(C(=O)Nc1ccccc1C)c1c(C)cccc1C. The highest BCUT2D eigenvalue weighted by Gasteiger charge is 2.37. The van der Waals surface area contributed by atoms with Crippen LogP contribution in [0.1, 0.15) is 88.1 Å². The van der Waals surface area contributed by atoms with E-state index in [0.717, 1.165) is 54.4 Å². The monoisotopic (exact) mass is 569 g/mol. The highest BCUT2D eigenvalue weighted by atomic mass is 32.1. The quantitative estimate of drug-likeness (QED) is 0.181. The van der Waals surface area contributed by atoms with Crippen molar-refractivity contribution in [3.05, 3.63) is 64.7 Å². The molecule has 0 heterocycles. The van der Waals surface area contributed by atoms with Gasteiger partial charge in [0.1, 0.15) is 17.7 Å². The van der Waals surface area contributed by atoms with Gasteiger partial charge in [0, 0.05) is 18.0 Å². The Morgan fingerprint density at radius 3 is 2.08 bits per heavy atom. The first-order valence-electron chi connectivity index (χ1n) is 14.2. The smallest absolute Gasteiger partial charge is 0.408 e. The molecule has 2 aromatic carbocycles. The summed E-state index contributed by atoms with van der Waals surface area (Å²) in [6.45, 7) is 13.6. The molecule has 40 heavy (non-hydrogen) atoms. The van der Waals surface area contributed by atoms with Crippen LogP contribution in [0.3, 0.4) is 0 Å². The number of thiol groups is 1. The van der Waals surface area contributed by atoms with Crippen molar-refractivity contribution < 1.29 is 19.1 Å². The van der Waals surface area contributed by atoms with E-state index in [1.807, 2.05) is 63.2 Å². The number of alkyl carbamates (subject to hydrolysis) is 1. The number of benzene rings is 2. The number of unbranched alkanes of at least 4 members (excludes halogenated alkanes) is 4. The summed E-state index contributed by atoms with van der Waals surface area (Å²) in [6.07, 6.45) is 4.23. The number of nitrogens with zero attached hydrogens (tertiary/aromatic N) is 1. The van der Waals surface area contributed by atoms with Gasteiger partial charge in [0.05, 0.1) is 0 Å². The minimum Gasteiger partial charge on any atom is -0.444 e. The van der Waals surface area contributed by atoms with Gasteiger partial charge in [-0.3, -0.25) is 9.59 Å². The van der Waals surface area contributed by atoms with E-state index in [-0.39, 0.29) is 17.6 Å². The van der Waals surface area contributed by atoms with Crippen LogP contribution in [-0.2, 0) is 14.3 Å². The molecule has 8 heteroatoms. The van der Waals surface area contributed by atoms with E-state index in [0.29, 0.717) is 12.2 Å². The van der Waals surface area contributed by atoms with E-state index in [2.05, 4.69) is 30.2 Å². The van der Waals surface area contributed by atoms with E-state index in [1.54, 1.807) is 25.7 Å². The minimum absolute atomic E-state index is 0.0588. The third kappa shape index (κ3) is 9.88. The zero-order valence-corrected chi connectivity index (χ0v) is 26.1. The van der Waals surface area contributed by atoms with Gasteiger partial charge < -0.3 is 20.3 Å². The predicted molar refractivity (Wildman–Crippen MR) is 166 cm³/mol. The van der Waals surface area contributed by atoms with Crippen LogP contribution in [0.2, 0.25) is 0 Å². The summed E-state index contributed by atoms with van der Waals surface area (Å²) < 4.78 is 5.41. The number of para-hydroxylation sites is 1. The number of carbonyl (C=O) groups excluding carboxylic acids is 3. The zero-order chi connectivity index (χ0) is 29.9. The Balaban J connectivity index is 2.54. The molecule has 220 valence electrons. The highest BCUT2D eigenvalue weighted by Crippen LogP contribution is 2.31. The maximum absolute atomic E-state index is 14.2. The van der Waals surface area contributed by atoms with Crippen molar-refractivity contribution in [3.8, 4) is 0 Å². The van der Waals surface area contributed by atoms with Gasteiger partial charge in [-0.1, -0.05) is 69.0 Å². The molecule has 0 saturated carbocycles. The molecule has 2 N–H and O–H groups in total. The predicted octanol–water partition coefficient (Wildman–Crippen LogP) is 6.91. The summed E-state index contributed by atoms with van der Waals surface area (Å²) in [4.78, 5) is 42.6. The Hall–Kier alpha value is -3.00. The second kappa shape index (κ2) is 15.7. The fourth-order valence-corrected chi connectivity index (χ4v) is 4.94. The van der Waals surface area contributed by atoms with Crippen LogP contribution < -0.4 is 10.6 Å². The van der Waals surface area contributed by atoms with Crippen molar-refractivity contribution in [2.24, 2.45) is 0 Å². The average molecular weight is 570 g/mol. The molecule has 0 spiro atoms. The minimum atomic E-state index is -0.966. The van der Waals surface area contributed by atoms with Gasteiger partial charge >= 0.3 is 6.09 Å². The fraction of sp³-hybridized carbons (Fsp3) is 0.531. The molecule has 2 unspecified atom stereocenters. The van der Waals surface area contributed by atoms with Crippen LogP contribution in [0.4, 0.5) is 10.5 Å². The Morgan fingerprint density at radius 1 is 0.900 bits per heavy atom. The first-order valence-corrected chi connectivity index (χ1v) is 14.9. The number of amides is 3. The van der Waals surface area contributed by atoms with Gasteiger partial charge in [0.2, 0.25) is 5.91 Å². The number of anilines is 1. The summed E-state index contributed by atoms with van der Waals surface area (Å²) in [5.74, 6) is -0.615. The lowest BCUT2D eigenvalue weighted by Gasteiger charge is -2.35. The Labute approximate surface area is 245 Å². The second-order valence-corrected chi connectivity index (χ2v) is 11.7. The maximum Gasteiger partial charge on any atom is 0.408 e. The molecule has 3 amide bonds. The maximum atomic E-state index is 14.2. The number of carbonyl (C=O) groups is 3. The van der Waals surface area contributed by atoms with Crippen molar-refractivity contribution >= 4 is 36.2 Å². The van der Waals surface area contributed by atoms with Crippen LogP contribution in [0.15, 0.2) is 42.5 Å². The van der Waals surface area contributed by atoms with E-state index < -0.39 is 23.8 Å². The lowest BCUT2D eigenvalue weighted by atomic mass is 9.93. The zero-order valence-electron chi connectivity index (χ0n) is 25.2. The van der Waals surface area contributed by atoms with Crippen molar-refractivity contribution in [2.45, 2.75) is 98.3 Å².